The Labute approximate surface area is 150 Å². The van der Waals surface area contributed by atoms with E-state index in [2.05, 4.69) is 5.32 Å². The van der Waals surface area contributed by atoms with Gasteiger partial charge in [-0.1, -0.05) is 6.07 Å². The van der Waals surface area contributed by atoms with E-state index < -0.39 is 0 Å². The second-order valence-corrected chi connectivity index (χ2v) is 7.00. The summed E-state index contributed by atoms with van der Waals surface area (Å²) in [6.07, 6.45) is 0.447. The first kappa shape index (κ1) is 17.6. The first-order chi connectivity index (χ1) is 12.1. The topological polar surface area (TPSA) is 52.7 Å². The number of amides is 2. The zero-order chi connectivity index (χ0) is 17.6. The summed E-state index contributed by atoms with van der Waals surface area (Å²) >= 11 is 1.59. The van der Waals surface area contributed by atoms with Crippen molar-refractivity contribution in [3.8, 4) is 0 Å². The van der Waals surface area contributed by atoms with Gasteiger partial charge in [-0.3, -0.25) is 14.5 Å². The van der Waals surface area contributed by atoms with E-state index in [-0.39, 0.29) is 24.2 Å². The number of thiophene rings is 1. The van der Waals surface area contributed by atoms with Crippen molar-refractivity contribution in [2.45, 2.75) is 6.42 Å². The summed E-state index contributed by atoms with van der Waals surface area (Å²) in [4.78, 5) is 29.3. The molecule has 3 rings (SSSR count). The molecular weight excluding hydrogens is 341 g/mol. The van der Waals surface area contributed by atoms with Crippen molar-refractivity contribution in [3.05, 3.63) is 52.5 Å². The van der Waals surface area contributed by atoms with Gasteiger partial charge in [0, 0.05) is 36.7 Å². The van der Waals surface area contributed by atoms with Gasteiger partial charge in [0.25, 0.3) is 0 Å². The Kier molecular flexibility index (Phi) is 5.78. The van der Waals surface area contributed by atoms with Gasteiger partial charge in [-0.2, -0.15) is 0 Å². The molecule has 0 radical (unpaired) electrons. The molecule has 1 aliphatic heterocycles. The Bertz CT molecular complexity index is 710. The van der Waals surface area contributed by atoms with Crippen molar-refractivity contribution in [2.75, 3.05) is 38.0 Å². The number of halogens is 1. The second-order valence-electron chi connectivity index (χ2n) is 5.97. The number of nitrogens with zero attached hydrogens (tertiary/aromatic N) is 2. The van der Waals surface area contributed by atoms with Crippen LogP contribution >= 0.6 is 11.3 Å². The fourth-order valence-corrected chi connectivity index (χ4v) is 3.46. The van der Waals surface area contributed by atoms with Gasteiger partial charge >= 0.3 is 0 Å². The third-order valence-corrected chi connectivity index (χ3v) is 5.00. The average Bonchev–Trinajstić information content (AvgIpc) is 3.10. The molecule has 1 aromatic heterocycles. The van der Waals surface area contributed by atoms with E-state index >= 15 is 0 Å². The Morgan fingerprint density at radius 2 is 1.80 bits per heavy atom. The highest BCUT2D eigenvalue weighted by Gasteiger charge is 2.22. The minimum absolute atomic E-state index is 0.134. The summed E-state index contributed by atoms with van der Waals surface area (Å²) in [5.74, 6) is -0.329. The Morgan fingerprint density at radius 1 is 1.08 bits per heavy atom. The number of anilines is 1. The van der Waals surface area contributed by atoms with Crippen molar-refractivity contribution in [2.24, 2.45) is 0 Å². The monoisotopic (exact) mass is 361 g/mol. The van der Waals surface area contributed by atoms with Crippen LogP contribution < -0.4 is 5.32 Å². The number of carbonyl (C=O) groups excluding carboxylic acids is 2. The maximum Gasteiger partial charge on any atom is 0.238 e. The van der Waals surface area contributed by atoms with Crippen LogP contribution in [0.25, 0.3) is 0 Å². The van der Waals surface area contributed by atoms with E-state index in [4.69, 9.17) is 0 Å². The van der Waals surface area contributed by atoms with Crippen molar-refractivity contribution >= 4 is 28.8 Å². The highest BCUT2D eigenvalue weighted by atomic mass is 32.1. The molecule has 132 valence electrons. The molecule has 2 amide bonds. The molecule has 0 aliphatic carbocycles. The minimum Gasteiger partial charge on any atom is -0.340 e. The molecular formula is C18H20FN3O2S. The maximum atomic E-state index is 12.9. The third kappa shape index (κ3) is 5.11. The van der Waals surface area contributed by atoms with Gasteiger partial charge in [-0.25, -0.2) is 4.39 Å². The van der Waals surface area contributed by atoms with E-state index in [9.17, 15) is 14.0 Å². The van der Waals surface area contributed by atoms with Crippen LogP contribution in [0.4, 0.5) is 10.1 Å². The fourth-order valence-electron chi connectivity index (χ4n) is 2.77. The Hall–Kier alpha value is -2.25. The lowest BCUT2D eigenvalue weighted by atomic mass is 10.2. The quantitative estimate of drug-likeness (QED) is 0.888. The summed E-state index contributed by atoms with van der Waals surface area (Å²) in [7, 11) is 0. The molecule has 1 fully saturated rings. The van der Waals surface area contributed by atoms with Crippen molar-refractivity contribution < 1.29 is 14.0 Å². The predicted octanol–water partition coefficient (Wildman–Crippen LogP) is 2.21. The Morgan fingerprint density at radius 3 is 2.44 bits per heavy atom. The first-order valence-corrected chi connectivity index (χ1v) is 9.06. The number of hydrogen-bond acceptors (Lipinski definition) is 4. The number of rotatable bonds is 5. The molecule has 0 saturated carbocycles. The summed E-state index contributed by atoms with van der Waals surface area (Å²) in [5.41, 5.74) is 0.580. The van der Waals surface area contributed by atoms with E-state index in [1.165, 1.54) is 24.3 Å². The van der Waals surface area contributed by atoms with Gasteiger partial charge in [0.15, 0.2) is 0 Å². The van der Waals surface area contributed by atoms with Crippen LogP contribution in [-0.2, 0) is 16.0 Å². The van der Waals surface area contributed by atoms with E-state index in [1.807, 2.05) is 27.3 Å². The highest BCUT2D eigenvalue weighted by molar-refractivity contribution is 7.10. The van der Waals surface area contributed by atoms with Gasteiger partial charge in [0.05, 0.1) is 13.0 Å². The molecule has 5 nitrogen and oxygen atoms in total. The van der Waals surface area contributed by atoms with Crippen LogP contribution in [-0.4, -0.2) is 54.3 Å². The number of carbonyl (C=O) groups is 2. The Balaban J connectivity index is 1.42. The van der Waals surface area contributed by atoms with Crippen LogP contribution in [0.1, 0.15) is 4.88 Å². The maximum absolute atomic E-state index is 12.9. The zero-order valence-electron chi connectivity index (χ0n) is 13.8. The van der Waals surface area contributed by atoms with Gasteiger partial charge in [0.1, 0.15) is 5.82 Å². The molecule has 1 aliphatic rings. The fraction of sp³-hybridized carbons (Fsp3) is 0.333. The smallest absolute Gasteiger partial charge is 0.238 e. The van der Waals surface area contributed by atoms with Crippen molar-refractivity contribution in [1.29, 1.82) is 0 Å². The van der Waals surface area contributed by atoms with Gasteiger partial charge in [-0.15, -0.1) is 11.3 Å². The predicted molar refractivity (Wildman–Crippen MR) is 96.1 cm³/mol. The van der Waals surface area contributed by atoms with Gasteiger partial charge in [-0.05, 0) is 35.7 Å². The molecule has 0 unspecified atom stereocenters. The molecule has 0 spiro atoms. The van der Waals surface area contributed by atoms with Crippen LogP contribution in [0.15, 0.2) is 41.8 Å². The van der Waals surface area contributed by atoms with Crippen LogP contribution in [0.2, 0.25) is 0 Å². The van der Waals surface area contributed by atoms with Gasteiger partial charge in [0.2, 0.25) is 11.8 Å². The molecule has 1 N–H and O–H groups in total. The molecule has 0 atom stereocenters. The molecule has 2 aromatic rings. The summed E-state index contributed by atoms with van der Waals surface area (Å²) in [6, 6.07) is 9.62. The number of nitrogens with one attached hydrogen (secondary N) is 1. The molecule has 0 bridgehead atoms. The number of benzene rings is 1. The van der Waals surface area contributed by atoms with Crippen molar-refractivity contribution in [1.82, 2.24) is 9.80 Å². The second kappa shape index (κ2) is 8.22. The van der Waals surface area contributed by atoms with Crippen LogP contribution in [0.5, 0.6) is 0 Å². The first-order valence-electron chi connectivity index (χ1n) is 8.18. The van der Waals surface area contributed by atoms with E-state index in [1.54, 1.807) is 11.3 Å². The molecule has 1 saturated heterocycles. The van der Waals surface area contributed by atoms with Crippen LogP contribution in [0, 0.1) is 5.82 Å². The van der Waals surface area contributed by atoms with E-state index in [0.717, 1.165) is 4.88 Å². The van der Waals surface area contributed by atoms with Crippen molar-refractivity contribution in [3.63, 3.8) is 0 Å². The van der Waals surface area contributed by atoms with Gasteiger partial charge < -0.3 is 10.2 Å². The largest absolute Gasteiger partial charge is 0.340 e. The average molecular weight is 361 g/mol. The highest BCUT2D eigenvalue weighted by Crippen LogP contribution is 2.12. The molecule has 25 heavy (non-hydrogen) atoms. The van der Waals surface area contributed by atoms with E-state index in [0.29, 0.717) is 38.3 Å². The SMILES string of the molecule is O=C(CN1CCN(C(=O)Cc2cccs2)CC1)Nc1ccc(F)cc1. The molecule has 1 aromatic carbocycles. The number of hydrogen-bond donors (Lipinski definition) is 1. The lowest BCUT2D eigenvalue weighted by Crippen LogP contribution is -2.50. The molecule has 7 heteroatoms. The molecule has 2 heterocycles. The normalized spacial score (nSPS) is 15.2. The lowest BCUT2D eigenvalue weighted by molar-refractivity contribution is -0.132. The minimum atomic E-state index is -0.332. The lowest BCUT2D eigenvalue weighted by Gasteiger charge is -2.34. The standard InChI is InChI=1S/C18H20FN3O2S/c19-14-3-5-15(6-4-14)20-17(23)13-21-7-9-22(10-8-21)18(24)12-16-2-1-11-25-16/h1-6,11H,7-10,12-13H2,(H,20,23). The zero-order valence-corrected chi connectivity index (χ0v) is 14.6. The third-order valence-electron chi connectivity index (χ3n) is 4.13. The number of piperazine rings is 1. The summed E-state index contributed by atoms with van der Waals surface area (Å²) < 4.78 is 12.9. The summed E-state index contributed by atoms with van der Waals surface area (Å²) in [6.45, 7) is 2.88. The summed E-state index contributed by atoms with van der Waals surface area (Å²) in [5, 5.41) is 4.73. The van der Waals surface area contributed by atoms with Crippen LogP contribution in [0.3, 0.4) is 0 Å².